The molecule has 0 fully saturated rings. The van der Waals surface area contributed by atoms with Crippen molar-refractivity contribution in [3.05, 3.63) is 69.8 Å². The van der Waals surface area contributed by atoms with Gasteiger partial charge in [-0.05, 0) is 35.7 Å². The first-order valence-corrected chi connectivity index (χ1v) is 8.14. The normalized spacial score (nSPS) is 10.9. The highest BCUT2D eigenvalue weighted by molar-refractivity contribution is 6.35. The summed E-state index contributed by atoms with van der Waals surface area (Å²) in [6.07, 6.45) is 2.92. The maximum Gasteiger partial charge on any atom is 0.224 e. The van der Waals surface area contributed by atoms with Gasteiger partial charge in [0.25, 0.3) is 0 Å². The van der Waals surface area contributed by atoms with Gasteiger partial charge in [-0.2, -0.15) is 0 Å². The van der Waals surface area contributed by atoms with E-state index in [2.05, 4.69) is 10.3 Å². The Kier molecular flexibility index (Phi) is 4.89. The number of carbonyl (C=O) groups excluding carboxylic acids is 1. The molecule has 3 aromatic rings. The zero-order valence-corrected chi connectivity index (χ0v) is 13.9. The Morgan fingerprint density at radius 2 is 1.91 bits per heavy atom. The lowest BCUT2D eigenvalue weighted by Gasteiger charge is -2.07. The number of benzene rings is 2. The molecule has 2 N–H and O–H groups in total. The summed E-state index contributed by atoms with van der Waals surface area (Å²) < 4.78 is 0. The molecule has 23 heavy (non-hydrogen) atoms. The molecular formula is C18H16Cl2N2O. The van der Waals surface area contributed by atoms with Crippen molar-refractivity contribution in [2.75, 3.05) is 6.54 Å². The van der Waals surface area contributed by atoms with Crippen LogP contribution in [-0.2, 0) is 17.6 Å². The Bertz CT molecular complexity index is 842. The van der Waals surface area contributed by atoms with Crippen molar-refractivity contribution in [3.63, 3.8) is 0 Å². The van der Waals surface area contributed by atoms with Crippen LogP contribution >= 0.6 is 23.2 Å². The second-order valence-corrected chi connectivity index (χ2v) is 6.22. The summed E-state index contributed by atoms with van der Waals surface area (Å²) in [5.41, 5.74) is 3.02. The van der Waals surface area contributed by atoms with Gasteiger partial charge in [0.15, 0.2) is 0 Å². The molecule has 0 aliphatic carbocycles. The van der Waals surface area contributed by atoms with Crippen LogP contribution in [0.2, 0.25) is 10.0 Å². The van der Waals surface area contributed by atoms with Gasteiger partial charge in [-0.25, -0.2) is 0 Å². The van der Waals surface area contributed by atoms with Crippen molar-refractivity contribution in [1.82, 2.24) is 10.3 Å². The van der Waals surface area contributed by atoms with E-state index < -0.39 is 0 Å². The van der Waals surface area contributed by atoms with Crippen LogP contribution in [0.3, 0.4) is 0 Å². The summed E-state index contributed by atoms with van der Waals surface area (Å²) in [7, 11) is 0. The number of amides is 1. The predicted molar refractivity (Wildman–Crippen MR) is 95.2 cm³/mol. The highest BCUT2D eigenvalue weighted by Gasteiger charge is 2.08. The number of hydrogen-bond donors (Lipinski definition) is 2. The number of hydrogen-bond acceptors (Lipinski definition) is 1. The standard InChI is InChI=1S/C18H16Cl2N2O/c19-14-6-5-12(16(20)10-14)7-8-21-18(23)9-13-11-22-17-4-2-1-3-15(13)17/h1-6,10-11,22H,7-9H2,(H,21,23). The fraction of sp³-hybridized carbons (Fsp3) is 0.167. The molecule has 0 atom stereocenters. The van der Waals surface area contributed by atoms with Crippen LogP contribution < -0.4 is 5.32 Å². The van der Waals surface area contributed by atoms with E-state index in [1.807, 2.05) is 36.5 Å². The second kappa shape index (κ2) is 7.07. The molecule has 1 amide bonds. The average molecular weight is 347 g/mol. The van der Waals surface area contributed by atoms with E-state index in [1.54, 1.807) is 12.1 Å². The number of carbonyl (C=O) groups is 1. The lowest BCUT2D eigenvalue weighted by atomic mass is 10.1. The topological polar surface area (TPSA) is 44.9 Å². The number of fused-ring (bicyclic) bond motifs is 1. The summed E-state index contributed by atoms with van der Waals surface area (Å²) in [5.74, 6) is -0.000149. The van der Waals surface area contributed by atoms with E-state index in [0.29, 0.717) is 29.4 Å². The fourth-order valence-electron chi connectivity index (χ4n) is 2.57. The first kappa shape index (κ1) is 15.9. The van der Waals surface area contributed by atoms with Gasteiger partial charge in [0.05, 0.1) is 6.42 Å². The smallest absolute Gasteiger partial charge is 0.224 e. The first-order valence-electron chi connectivity index (χ1n) is 7.39. The second-order valence-electron chi connectivity index (χ2n) is 5.37. The molecule has 0 saturated carbocycles. The van der Waals surface area contributed by atoms with Crippen LogP contribution in [0.25, 0.3) is 10.9 Å². The van der Waals surface area contributed by atoms with Crippen molar-refractivity contribution in [1.29, 1.82) is 0 Å². The molecule has 3 nitrogen and oxygen atoms in total. The average Bonchev–Trinajstić information content (AvgIpc) is 2.93. The molecule has 0 radical (unpaired) electrons. The maximum absolute atomic E-state index is 12.1. The predicted octanol–water partition coefficient (Wildman–Crippen LogP) is 4.38. The minimum atomic E-state index is -0.000149. The van der Waals surface area contributed by atoms with Gasteiger partial charge in [0.1, 0.15) is 0 Å². The van der Waals surface area contributed by atoms with E-state index in [4.69, 9.17) is 23.2 Å². The van der Waals surface area contributed by atoms with E-state index >= 15 is 0 Å². The molecule has 0 spiro atoms. The van der Waals surface area contributed by atoms with Crippen LogP contribution in [0.5, 0.6) is 0 Å². The Morgan fingerprint density at radius 3 is 2.74 bits per heavy atom. The van der Waals surface area contributed by atoms with Crippen molar-refractivity contribution in [2.45, 2.75) is 12.8 Å². The summed E-state index contributed by atoms with van der Waals surface area (Å²) in [6, 6.07) is 13.4. The lowest BCUT2D eigenvalue weighted by molar-refractivity contribution is -0.120. The maximum atomic E-state index is 12.1. The molecule has 1 heterocycles. The van der Waals surface area contributed by atoms with Gasteiger partial charge >= 0.3 is 0 Å². The Balaban J connectivity index is 1.55. The van der Waals surface area contributed by atoms with Gasteiger partial charge in [-0.15, -0.1) is 0 Å². The van der Waals surface area contributed by atoms with E-state index in [1.165, 1.54) is 0 Å². The summed E-state index contributed by atoms with van der Waals surface area (Å²) >= 11 is 12.0. The molecule has 0 unspecified atom stereocenters. The van der Waals surface area contributed by atoms with Crippen LogP contribution in [-0.4, -0.2) is 17.4 Å². The number of aromatic amines is 1. The van der Waals surface area contributed by atoms with Gasteiger partial charge in [-0.3, -0.25) is 4.79 Å². The lowest BCUT2D eigenvalue weighted by Crippen LogP contribution is -2.27. The van der Waals surface area contributed by atoms with Gasteiger partial charge in [-0.1, -0.05) is 47.5 Å². The largest absolute Gasteiger partial charge is 0.361 e. The molecule has 2 aromatic carbocycles. The molecule has 0 aliphatic heterocycles. The zero-order valence-electron chi connectivity index (χ0n) is 12.4. The van der Waals surface area contributed by atoms with E-state index in [0.717, 1.165) is 22.0 Å². The summed E-state index contributed by atoms with van der Waals surface area (Å²) in [6.45, 7) is 0.544. The van der Waals surface area contributed by atoms with Crippen LogP contribution in [0.1, 0.15) is 11.1 Å². The minimum Gasteiger partial charge on any atom is -0.361 e. The third kappa shape index (κ3) is 3.87. The van der Waals surface area contributed by atoms with Crippen LogP contribution in [0.15, 0.2) is 48.7 Å². The molecule has 0 saturated heterocycles. The third-order valence-corrected chi connectivity index (χ3v) is 4.34. The van der Waals surface area contributed by atoms with Crippen molar-refractivity contribution < 1.29 is 4.79 Å². The summed E-state index contributed by atoms with van der Waals surface area (Å²) in [5, 5.41) is 5.26. The molecular weight excluding hydrogens is 331 g/mol. The summed E-state index contributed by atoms with van der Waals surface area (Å²) in [4.78, 5) is 15.3. The number of nitrogens with one attached hydrogen (secondary N) is 2. The number of aromatic nitrogens is 1. The van der Waals surface area contributed by atoms with Gasteiger partial charge < -0.3 is 10.3 Å². The first-order chi connectivity index (χ1) is 11.1. The third-order valence-electron chi connectivity index (χ3n) is 3.76. The molecule has 0 bridgehead atoms. The van der Waals surface area contributed by atoms with Crippen LogP contribution in [0, 0.1) is 0 Å². The molecule has 0 aliphatic rings. The molecule has 3 rings (SSSR count). The van der Waals surface area contributed by atoms with Crippen molar-refractivity contribution >= 4 is 40.0 Å². The van der Waals surface area contributed by atoms with Crippen molar-refractivity contribution in [3.8, 4) is 0 Å². The van der Waals surface area contributed by atoms with Gasteiger partial charge in [0, 0.05) is 33.7 Å². The van der Waals surface area contributed by atoms with Gasteiger partial charge in [0.2, 0.25) is 5.91 Å². The number of rotatable bonds is 5. The Morgan fingerprint density at radius 1 is 1.09 bits per heavy atom. The zero-order chi connectivity index (χ0) is 16.2. The minimum absolute atomic E-state index is 0.000149. The molecule has 5 heteroatoms. The fourth-order valence-corrected chi connectivity index (χ4v) is 3.08. The molecule has 1 aromatic heterocycles. The highest BCUT2D eigenvalue weighted by atomic mass is 35.5. The van der Waals surface area contributed by atoms with E-state index in [-0.39, 0.29) is 5.91 Å². The SMILES string of the molecule is O=C(Cc1c[nH]c2ccccc12)NCCc1ccc(Cl)cc1Cl. The monoisotopic (exact) mass is 346 g/mol. The molecule has 118 valence electrons. The van der Waals surface area contributed by atoms with Crippen LogP contribution in [0.4, 0.5) is 0 Å². The number of halogens is 2. The highest BCUT2D eigenvalue weighted by Crippen LogP contribution is 2.21. The number of H-pyrrole nitrogens is 1. The Labute approximate surface area is 144 Å². The Hall–Kier alpha value is -1.97. The quantitative estimate of drug-likeness (QED) is 0.707. The number of para-hydroxylation sites is 1. The van der Waals surface area contributed by atoms with E-state index in [9.17, 15) is 4.79 Å². The van der Waals surface area contributed by atoms with Crippen molar-refractivity contribution in [2.24, 2.45) is 0 Å².